The van der Waals surface area contributed by atoms with E-state index in [1.54, 1.807) is 21.8 Å². The van der Waals surface area contributed by atoms with E-state index in [4.69, 9.17) is 0 Å². The van der Waals surface area contributed by atoms with Gasteiger partial charge in [0.15, 0.2) is 11.5 Å². The zero-order valence-corrected chi connectivity index (χ0v) is 13.3. The third kappa shape index (κ3) is 2.19. The lowest BCUT2D eigenvalue weighted by atomic mass is 10.1. The van der Waals surface area contributed by atoms with E-state index in [0.29, 0.717) is 50.5 Å². The molecule has 1 N–H and O–H groups in total. The van der Waals surface area contributed by atoms with Crippen LogP contribution in [-0.4, -0.2) is 67.6 Å². The molecule has 2 aromatic rings. The number of carbonyl (C=O) groups is 2. The van der Waals surface area contributed by atoms with Crippen LogP contribution in [0.1, 0.15) is 18.7 Å². The van der Waals surface area contributed by atoms with Gasteiger partial charge in [-0.3, -0.25) is 14.6 Å². The molecule has 1 amide bonds. The lowest BCUT2D eigenvalue weighted by Gasteiger charge is -2.36. The Labute approximate surface area is 137 Å². The zero-order chi connectivity index (χ0) is 16.9. The van der Waals surface area contributed by atoms with Gasteiger partial charge in [0.05, 0.1) is 12.4 Å². The summed E-state index contributed by atoms with van der Waals surface area (Å²) < 4.78 is 1.75. The second kappa shape index (κ2) is 5.15. The van der Waals surface area contributed by atoms with Crippen LogP contribution in [0, 0.1) is 12.3 Å². The predicted molar refractivity (Wildman–Crippen MR) is 83.6 cm³/mol. The number of anilines is 1. The summed E-state index contributed by atoms with van der Waals surface area (Å²) in [5.74, 6) is 0.263. The van der Waals surface area contributed by atoms with Crippen LogP contribution in [0.4, 0.5) is 5.82 Å². The summed E-state index contributed by atoms with van der Waals surface area (Å²) in [6.45, 7) is 4.05. The molecule has 24 heavy (non-hydrogen) atoms. The van der Waals surface area contributed by atoms with E-state index in [1.807, 2.05) is 6.92 Å². The molecule has 0 bridgehead atoms. The van der Waals surface area contributed by atoms with Gasteiger partial charge in [-0.15, -0.1) is 5.10 Å². The summed E-state index contributed by atoms with van der Waals surface area (Å²) in [4.78, 5) is 36.1. The van der Waals surface area contributed by atoms with Crippen LogP contribution >= 0.6 is 0 Å². The van der Waals surface area contributed by atoms with Crippen molar-refractivity contribution in [2.75, 3.05) is 31.1 Å². The zero-order valence-electron chi connectivity index (χ0n) is 13.3. The fraction of sp³-hybridized carbons (Fsp3) is 0.533. The van der Waals surface area contributed by atoms with Crippen LogP contribution in [0.5, 0.6) is 0 Å². The van der Waals surface area contributed by atoms with Crippen molar-refractivity contribution in [1.29, 1.82) is 0 Å². The molecule has 1 saturated heterocycles. The number of hydrogen-bond acceptors (Lipinski definition) is 6. The maximum atomic E-state index is 12.5. The number of aliphatic carboxylic acids is 1. The maximum absolute atomic E-state index is 12.5. The summed E-state index contributed by atoms with van der Waals surface area (Å²) in [5, 5.41) is 13.7. The fourth-order valence-corrected chi connectivity index (χ4v) is 3.21. The first-order valence-corrected chi connectivity index (χ1v) is 7.96. The second-order valence-corrected chi connectivity index (χ2v) is 6.36. The lowest BCUT2D eigenvalue weighted by molar-refractivity contribution is -0.153. The van der Waals surface area contributed by atoms with Gasteiger partial charge >= 0.3 is 5.97 Å². The number of hydrogen-bond donors (Lipinski definition) is 1. The minimum Gasteiger partial charge on any atom is -0.480 e. The van der Waals surface area contributed by atoms with Crippen LogP contribution in [0.15, 0.2) is 12.4 Å². The van der Waals surface area contributed by atoms with Crippen LogP contribution in [0.3, 0.4) is 0 Å². The number of piperazine rings is 1. The van der Waals surface area contributed by atoms with Gasteiger partial charge in [-0.25, -0.2) is 4.98 Å². The molecule has 0 unspecified atom stereocenters. The number of aryl methyl sites for hydroxylation is 1. The number of aromatic nitrogens is 4. The van der Waals surface area contributed by atoms with Crippen molar-refractivity contribution in [3.63, 3.8) is 0 Å². The molecule has 4 rings (SSSR count). The van der Waals surface area contributed by atoms with Crippen LogP contribution in [0.25, 0.3) is 5.65 Å². The molecule has 0 aromatic carbocycles. The molecule has 126 valence electrons. The van der Waals surface area contributed by atoms with E-state index in [9.17, 15) is 14.7 Å². The van der Waals surface area contributed by atoms with Gasteiger partial charge in [0.25, 0.3) is 0 Å². The predicted octanol–water partition coefficient (Wildman–Crippen LogP) is -0.0539. The van der Waals surface area contributed by atoms with E-state index in [-0.39, 0.29) is 5.91 Å². The van der Waals surface area contributed by atoms with Crippen LogP contribution in [0.2, 0.25) is 0 Å². The molecule has 2 fully saturated rings. The van der Waals surface area contributed by atoms with Crippen LogP contribution < -0.4 is 4.90 Å². The van der Waals surface area contributed by atoms with Gasteiger partial charge in [-0.05, 0) is 19.8 Å². The minimum atomic E-state index is -1.16. The number of carboxylic acids is 1. The first kappa shape index (κ1) is 14.9. The summed E-state index contributed by atoms with van der Waals surface area (Å²) >= 11 is 0. The van der Waals surface area contributed by atoms with Gasteiger partial charge in [-0.1, -0.05) is 0 Å². The Morgan fingerprint density at radius 2 is 1.88 bits per heavy atom. The fourth-order valence-electron chi connectivity index (χ4n) is 3.21. The monoisotopic (exact) mass is 330 g/mol. The molecule has 2 aromatic heterocycles. The summed E-state index contributed by atoms with van der Waals surface area (Å²) in [6.07, 6.45) is 4.29. The van der Waals surface area contributed by atoms with E-state index in [0.717, 1.165) is 5.82 Å². The molecule has 1 saturated carbocycles. The SMILES string of the molecule is Cc1nc2cncc(N3CCN(C(=O)C4(C(=O)O)CC4)CC3)n2n1. The molecule has 9 nitrogen and oxygen atoms in total. The average molecular weight is 330 g/mol. The molecule has 1 aliphatic heterocycles. The molecule has 1 aliphatic carbocycles. The molecule has 3 heterocycles. The quantitative estimate of drug-likeness (QED) is 0.787. The number of rotatable bonds is 3. The highest BCUT2D eigenvalue weighted by Gasteiger charge is 2.58. The highest BCUT2D eigenvalue weighted by molar-refractivity contribution is 6.04. The molecule has 9 heteroatoms. The highest BCUT2D eigenvalue weighted by Crippen LogP contribution is 2.47. The van der Waals surface area contributed by atoms with Gasteiger partial charge < -0.3 is 14.9 Å². The largest absolute Gasteiger partial charge is 0.480 e. The Kier molecular flexibility index (Phi) is 3.19. The number of carboxylic acid groups (broad SMARTS) is 1. The third-order valence-corrected chi connectivity index (χ3v) is 4.79. The number of fused-ring (bicyclic) bond motifs is 1. The Balaban J connectivity index is 1.50. The summed E-state index contributed by atoms with van der Waals surface area (Å²) in [7, 11) is 0. The van der Waals surface area contributed by atoms with E-state index in [1.165, 1.54) is 0 Å². The van der Waals surface area contributed by atoms with Crippen molar-refractivity contribution in [1.82, 2.24) is 24.5 Å². The number of amides is 1. The molecule has 0 atom stereocenters. The minimum absolute atomic E-state index is 0.248. The number of nitrogens with zero attached hydrogens (tertiary/aromatic N) is 6. The van der Waals surface area contributed by atoms with E-state index < -0.39 is 11.4 Å². The highest BCUT2D eigenvalue weighted by atomic mass is 16.4. The molecule has 0 radical (unpaired) electrons. The van der Waals surface area contributed by atoms with Crippen molar-refractivity contribution in [3.05, 3.63) is 18.2 Å². The van der Waals surface area contributed by atoms with Crippen molar-refractivity contribution >= 4 is 23.3 Å². The average Bonchev–Trinajstić information content (AvgIpc) is 3.30. The van der Waals surface area contributed by atoms with Crippen molar-refractivity contribution in [2.45, 2.75) is 19.8 Å². The van der Waals surface area contributed by atoms with Crippen molar-refractivity contribution in [2.24, 2.45) is 5.41 Å². The van der Waals surface area contributed by atoms with Gasteiger partial charge in [0.1, 0.15) is 11.2 Å². The van der Waals surface area contributed by atoms with E-state index >= 15 is 0 Å². The molecular formula is C15H18N6O3. The summed E-state index contributed by atoms with van der Waals surface area (Å²) in [6, 6.07) is 0. The van der Waals surface area contributed by atoms with Crippen molar-refractivity contribution in [3.8, 4) is 0 Å². The third-order valence-electron chi connectivity index (χ3n) is 4.79. The molecule has 2 aliphatic rings. The first-order valence-electron chi connectivity index (χ1n) is 7.96. The van der Waals surface area contributed by atoms with Crippen molar-refractivity contribution < 1.29 is 14.7 Å². The lowest BCUT2D eigenvalue weighted by Crippen LogP contribution is -2.52. The van der Waals surface area contributed by atoms with Gasteiger partial charge in [0, 0.05) is 26.2 Å². The topological polar surface area (TPSA) is 104 Å². The van der Waals surface area contributed by atoms with Crippen LogP contribution in [-0.2, 0) is 9.59 Å². The second-order valence-electron chi connectivity index (χ2n) is 6.36. The van der Waals surface area contributed by atoms with Gasteiger partial charge in [0.2, 0.25) is 5.91 Å². The smallest absolute Gasteiger partial charge is 0.319 e. The van der Waals surface area contributed by atoms with E-state index in [2.05, 4.69) is 20.0 Å². The Bertz CT molecular complexity index is 820. The maximum Gasteiger partial charge on any atom is 0.319 e. The normalized spacial score (nSPS) is 19.5. The van der Waals surface area contributed by atoms with Gasteiger partial charge in [-0.2, -0.15) is 4.52 Å². The Hall–Kier alpha value is -2.71. The summed E-state index contributed by atoms with van der Waals surface area (Å²) in [5.41, 5.74) is -0.474. The Morgan fingerprint density at radius 3 is 2.50 bits per heavy atom. The first-order chi connectivity index (χ1) is 11.5. The number of carbonyl (C=O) groups excluding carboxylic acids is 1. The standard InChI is InChI=1S/C15H18N6O3/c1-10-17-11-8-16-9-12(21(11)18-10)19-4-6-20(7-5-19)13(22)15(2-3-15)14(23)24/h8-9H,2-7H2,1H3,(H,23,24). The Morgan fingerprint density at radius 1 is 1.17 bits per heavy atom. The molecule has 0 spiro atoms. The molecular weight excluding hydrogens is 312 g/mol.